The number of fused-ring (bicyclic) bond motifs is 1. The quantitative estimate of drug-likeness (QED) is 0.789. The molecule has 27 heavy (non-hydrogen) atoms. The lowest BCUT2D eigenvalue weighted by molar-refractivity contribution is 0.0810. The molecule has 0 amide bonds. The summed E-state index contributed by atoms with van der Waals surface area (Å²) in [7, 11) is 0. The molecule has 0 heterocycles. The average Bonchev–Trinajstić information content (AvgIpc) is 2.73. The predicted octanol–water partition coefficient (Wildman–Crippen LogP) is 4.91. The Morgan fingerprint density at radius 3 is 2.11 bits per heavy atom. The predicted molar refractivity (Wildman–Crippen MR) is 112 cm³/mol. The van der Waals surface area contributed by atoms with Crippen LogP contribution in [0.4, 0.5) is 0 Å². The molecule has 2 atom stereocenters. The van der Waals surface area contributed by atoms with E-state index in [1.54, 1.807) is 0 Å². The highest BCUT2D eigenvalue weighted by Gasteiger charge is 2.45. The molecule has 3 rings (SSSR count). The van der Waals surface area contributed by atoms with Gasteiger partial charge < -0.3 is 10.2 Å². The van der Waals surface area contributed by atoms with Gasteiger partial charge >= 0.3 is 0 Å². The van der Waals surface area contributed by atoms with E-state index in [9.17, 15) is 10.2 Å². The lowest BCUT2D eigenvalue weighted by atomic mass is 9.75. The number of aliphatic hydroxyl groups excluding tert-OH is 1. The van der Waals surface area contributed by atoms with Crippen LogP contribution in [0.5, 0.6) is 0 Å². The molecule has 0 aromatic heterocycles. The van der Waals surface area contributed by atoms with Crippen LogP contribution in [0.25, 0.3) is 0 Å². The Morgan fingerprint density at radius 1 is 0.963 bits per heavy atom. The molecule has 0 spiro atoms. The fraction of sp³-hybridized carbons (Fsp3) is 0.520. The molecular formula is C25H34O2. The monoisotopic (exact) mass is 366 g/mol. The first kappa shape index (κ1) is 20.1. The summed E-state index contributed by atoms with van der Waals surface area (Å²) >= 11 is 0. The lowest BCUT2D eigenvalue weighted by Gasteiger charge is -2.29. The van der Waals surface area contributed by atoms with Crippen molar-refractivity contribution in [1.82, 2.24) is 0 Å². The maximum atomic E-state index is 10.1. The van der Waals surface area contributed by atoms with Crippen LogP contribution in [-0.2, 0) is 23.7 Å². The van der Waals surface area contributed by atoms with Crippen molar-refractivity contribution < 1.29 is 10.2 Å². The highest BCUT2D eigenvalue weighted by Crippen LogP contribution is 2.52. The molecule has 2 heteroatoms. The van der Waals surface area contributed by atoms with Gasteiger partial charge in [-0.05, 0) is 66.8 Å². The first-order chi connectivity index (χ1) is 12.4. The van der Waals surface area contributed by atoms with E-state index in [1.165, 1.54) is 27.8 Å². The zero-order valence-electron chi connectivity index (χ0n) is 17.6. The van der Waals surface area contributed by atoms with Crippen LogP contribution in [-0.4, -0.2) is 21.9 Å². The van der Waals surface area contributed by atoms with Gasteiger partial charge in [0, 0.05) is 11.8 Å². The van der Waals surface area contributed by atoms with Gasteiger partial charge in [-0.1, -0.05) is 63.2 Å². The van der Waals surface area contributed by atoms with Crippen molar-refractivity contribution in [3.8, 4) is 0 Å². The Morgan fingerprint density at radius 2 is 1.56 bits per heavy atom. The largest absolute Gasteiger partial charge is 0.393 e. The van der Waals surface area contributed by atoms with Gasteiger partial charge in [-0.3, -0.25) is 0 Å². The summed E-state index contributed by atoms with van der Waals surface area (Å²) in [4.78, 5) is 0. The van der Waals surface area contributed by atoms with Crippen molar-refractivity contribution in [3.63, 3.8) is 0 Å². The second kappa shape index (κ2) is 6.76. The lowest BCUT2D eigenvalue weighted by Crippen LogP contribution is -2.24. The molecule has 2 nitrogen and oxygen atoms in total. The number of hydrogen-bond acceptors (Lipinski definition) is 2. The van der Waals surface area contributed by atoms with E-state index in [2.05, 4.69) is 63.2 Å². The maximum absolute atomic E-state index is 10.1. The van der Waals surface area contributed by atoms with Gasteiger partial charge in [0.2, 0.25) is 0 Å². The number of rotatable bonds is 5. The third kappa shape index (κ3) is 4.12. The van der Waals surface area contributed by atoms with E-state index in [4.69, 9.17) is 0 Å². The molecule has 1 aliphatic rings. The second-order valence-electron chi connectivity index (χ2n) is 10.0. The molecule has 1 aliphatic carbocycles. The third-order valence-corrected chi connectivity index (χ3v) is 5.96. The van der Waals surface area contributed by atoms with Crippen molar-refractivity contribution >= 4 is 0 Å². The van der Waals surface area contributed by atoms with E-state index < -0.39 is 5.60 Å². The van der Waals surface area contributed by atoms with Gasteiger partial charge in [0.05, 0.1) is 11.7 Å². The summed E-state index contributed by atoms with van der Waals surface area (Å²) in [6.45, 7) is 12.5. The second-order valence-corrected chi connectivity index (χ2v) is 10.0. The van der Waals surface area contributed by atoms with E-state index in [0.717, 1.165) is 6.42 Å². The molecule has 0 aliphatic heterocycles. The van der Waals surface area contributed by atoms with Crippen LogP contribution >= 0.6 is 0 Å². The van der Waals surface area contributed by atoms with Gasteiger partial charge in [-0.15, -0.1) is 0 Å². The molecule has 2 N–H and O–H groups in total. The molecule has 0 radical (unpaired) electrons. The number of benzene rings is 2. The van der Waals surface area contributed by atoms with Crippen molar-refractivity contribution in [3.05, 3.63) is 70.3 Å². The van der Waals surface area contributed by atoms with Crippen LogP contribution < -0.4 is 0 Å². The van der Waals surface area contributed by atoms with Crippen LogP contribution in [0.15, 0.2) is 42.5 Å². The fourth-order valence-corrected chi connectivity index (χ4v) is 4.92. The fourth-order valence-electron chi connectivity index (χ4n) is 4.92. The van der Waals surface area contributed by atoms with Gasteiger partial charge in [-0.2, -0.15) is 0 Å². The Balaban J connectivity index is 1.98. The average molecular weight is 367 g/mol. The zero-order valence-corrected chi connectivity index (χ0v) is 17.6. The molecule has 2 aromatic rings. The van der Waals surface area contributed by atoms with Crippen molar-refractivity contribution in [2.24, 2.45) is 0 Å². The van der Waals surface area contributed by atoms with E-state index in [1.807, 2.05) is 20.8 Å². The van der Waals surface area contributed by atoms with Crippen molar-refractivity contribution in [2.75, 3.05) is 0 Å². The molecule has 0 saturated carbocycles. The maximum Gasteiger partial charge on any atom is 0.0631 e. The summed E-state index contributed by atoms with van der Waals surface area (Å²) in [6.07, 6.45) is 2.11. The summed E-state index contributed by atoms with van der Waals surface area (Å²) in [5.74, 6) is 0. The Bertz CT molecular complexity index is 809. The first-order valence-corrected chi connectivity index (χ1v) is 10.0. The van der Waals surface area contributed by atoms with Gasteiger partial charge in [-0.25, -0.2) is 0 Å². The topological polar surface area (TPSA) is 40.5 Å². The van der Waals surface area contributed by atoms with Crippen LogP contribution in [0.3, 0.4) is 0 Å². The minimum absolute atomic E-state index is 0.0184. The summed E-state index contributed by atoms with van der Waals surface area (Å²) in [5.41, 5.74) is 5.91. The summed E-state index contributed by atoms with van der Waals surface area (Å²) in [5, 5.41) is 19.8. The number of hydrogen-bond donors (Lipinski definition) is 2. The van der Waals surface area contributed by atoms with Crippen molar-refractivity contribution in [1.29, 1.82) is 0 Å². The van der Waals surface area contributed by atoms with Gasteiger partial charge in [0.1, 0.15) is 0 Å². The third-order valence-electron chi connectivity index (χ3n) is 5.96. The van der Waals surface area contributed by atoms with Crippen LogP contribution in [0, 0.1) is 0 Å². The zero-order chi connectivity index (χ0) is 20.0. The highest BCUT2D eigenvalue weighted by molar-refractivity contribution is 5.53. The molecule has 2 aromatic carbocycles. The van der Waals surface area contributed by atoms with Crippen LogP contribution in [0.1, 0.15) is 75.8 Å². The Labute approximate surface area is 164 Å². The standard InChI is InChI=1S/C25H34O2/c1-17(26)13-19-9-12-21-22(14-19)23(2,3)16-25(21,6)20-10-7-18(8-11-20)15-24(4,5)27/h7-12,14,17,26-27H,13,15-16H2,1-6H3. The Hall–Kier alpha value is -1.64. The molecular weight excluding hydrogens is 332 g/mol. The molecule has 0 bridgehead atoms. The van der Waals surface area contributed by atoms with Gasteiger partial charge in [0.25, 0.3) is 0 Å². The molecule has 146 valence electrons. The SMILES string of the molecule is CC(O)Cc1ccc2c(c1)C(C)(C)CC2(C)c1ccc(CC(C)(C)O)cc1. The van der Waals surface area contributed by atoms with E-state index in [0.29, 0.717) is 12.8 Å². The van der Waals surface area contributed by atoms with E-state index in [-0.39, 0.29) is 16.9 Å². The molecule has 2 unspecified atom stereocenters. The normalized spacial score (nSPS) is 22.5. The minimum Gasteiger partial charge on any atom is -0.393 e. The molecule has 0 fully saturated rings. The van der Waals surface area contributed by atoms with Gasteiger partial charge in [0.15, 0.2) is 0 Å². The molecule has 0 saturated heterocycles. The number of aliphatic hydroxyl groups is 2. The van der Waals surface area contributed by atoms with Crippen molar-refractivity contribution in [2.45, 2.75) is 83.3 Å². The smallest absolute Gasteiger partial charge is 0.0631 e. The minimum atomic E-state index is -0.687. The Kier molecular flexibility index (Phi) is 5.03. The summed E-state index contributed by atoms with van der Waals surface area (Å²) in [6, 6.07) is 15.5. The first-order valence-electron chi connectivity index (χ1n) is 10.0. The van der Waals surface area contributed by atoms with E-state index >= 15 is 0 Å². The summed E-state index contributed by atoms with van der Waals surface area (Å²) < 4.78 is 0. The van der Waals surface area contributed by atoms with Crippen LogP contribution in [0.2, 0.25) is 0 Å². The highest BCUT2D eigenvalue weighted by atomic mass is 16.3.